The highest BCUT2D eigenvalue weighted by molar-refractivity contribution is 5.98. The summed E-state index contributed by atoms with van der Waals surface area (Å²) in [5, 5.41) is 19.2. The first-order chi connectivity index (χ1) is 26.5. The normalized spacial score (nSPS) is 12.1. The molecule has 1 atom stereocenters. The highest BCUT2D eigenvalue weighted by atomic mass is 16.6. The summed E-state index contributed by atoms with van der Waals surface area (Å²) in [5.41, 5.74) is 4.03. The lowest BCUT2D eigenvalue weighted by Gasteiger charge is -2.31. The van der Waals surface area contributed by atoms with Gasteiger partial charge in [-0.3, -0.25) is 19.7 Å². The van der Waals surface area contributed by atoms with E-state index >= 15 is 0 Å². The molecule has 5 aromatic carbocycles. The predicted molar refractivity (Wildman–Crippen MR) is 209 cm³/mol. The number of carbonyl (C=O) groups excluding carboxylic acids is 3. The average molecular weight is 743 g/mol. The van der Waals surface area contributed by atoms with E-state index in [1.165, 1.54) is 37.3 Å². The van der Waals surface area contributed by atoms with E-state index in [0.717, 1.165) is 16.8 Å². The molecule has 0 spiro atoms. The van der Waals surface area contributed by atoms with Crippen LogP contribution in [0.25, 0.3) is 0 Å². The van der Waals surface area contributed by atoms with Crippen LogP contribution in [0, 0.1) is 10.1 Å². The molecule has 5 aromatic rings. The van der Waals surface area contributed by atoms with Crippen molar-refractivity contribution in [2.24, 2.45) is 10.2 Å². The molecular weight excluding hydrogens is 700 g/mol. The Hall–Kier alpha value is -6.69. The number of ether oxygens (including phenoxy) is 3. The molecule has 12 nitrogen and oxygen atoms in total. The Morgan fingerprint density at radius 2 is 1.35 bits per heavy atom. The number of likely N-dealkylation sites (N-methyl/N-ethyl adjacent to an activating group) is 1. The summed E-state index contributed by atoms with van der Waals surface area (Å²) in [7, 11) is 1.61. The molecule has 0 aliphatic carbocycles. The van der Waals surface area contributed by atoms with Crippen molar-refractivity contribution in [2.45, 2.75) is 39.0 Å². The predicted octanol–water partition coefficient (Wildman–Crippen LogP) is 9.60. The quantitative estimate of drug-likeness (QED) is 0.0227. The number of anilines is 1. The number of benzene rings is 5. The summed E-state index contributed by atoms with van der Waals surface area (Å²) >= 11 is 0. The lowest BCUT2D eigenvalue weighted by molar-refractivity contribution is -0.384. The van der Waals surface area contributed by atoms with E-state index in [9.17, 15) is 24.5 Å². The van der Waals surface area contributed by atoms with Gasteiger partial charge < -0.3 is 19.1 Å². The number of nitrogens with zero attached hydrogens (tertiary/aromatic N) is 4. The van der Waals surface area contributed by atoms with E-state index < -0.39 is 16.3 Å². The summed E-state index contributed by atoms with van der Waals surface area (Å²) in [4.78, 5) is 50.2. The molecule has 0 radical (unpaired) electrons. The third-order valence-corrected chi connectivity index (χ3v) is 9.33. The van der Waals surface area contributed by atoms with Gasteiger partial charge in [0.1, 0.15) is 18.1 Å². The molecule has 0 aromatic heterocycles. The van der Waals surface area contributed by atoms with Gasteiger partial charge in [-0.25, -0.2) is 4.79 Å². The van der Waals surface area contributed by atoms with Gasteiger partial charge in [-0.2, -0.15) is 10.2 Å². The Morgan fingerprint density at radius 1 is 0.782 bits per heavy atom. The van der Waals surface area contributed by atoms with E-state index in [0.29, 0.717) is 47.9 Å². The second-order valence-electron chi connectivity index (χ2n) is 12.9. The number of ketones is 1. The first-order valence-electron chi connectivity index (χ1n) is 17.7. The Kier molecular flexibility index (Phi) is 13.2. The minimum Gasteiger partial charge on any atom is -0.497 e. The Bertz CT molecular complexity index is 2130. The lowest BCUT2D eigenvalue weighted by atomic mass is 9.73. The maximum absolute atomic E-state index is 13.1. The van der Waals surface area contributed by atoms with Crippen LogP contribution in [0.1, 0.15) is 65.5 Å². The van der Waals surface area contributed by atoms with E-state index in [1.807, 2.05) is 67.6 Å². The lowest BCUT2D eigenvalue weighted by Crippen LogP contribution is -2.29. The molecule has 1 unspecified atom stereocenters. The molecule has 0 N–H and O–H groups in total. The molecule has 0 saturated carbocycles. The summed E-state index contributed by atoms with van der Waals surface area (Å²) < 4.78 is 16.7. The second kappa shape index (κ2) is 18.4. The smallest absolute Gasteiger partial charge is 0.343 e. The van der Waals surface area contributed by atoms with Crippen molar-refractivity contribution in [3.8, 4) is 11.5 Å². The molecule has 12 heteroatoms. The first-order valence-corrected chi connectivity index (χ1v) is 17.7. The van der Waals surface area contributed by atoms with Crippen LogP contribution in [0.15, 0.2) is 132 Å². The number of hydrogen-bond acceptors (Lipinski definition) is 11. The third-order valence-electron chi connectivity index (χ3n) is 9.33. The van der Waals surface area contributed by atoms with Crippen LogP contribution < -0.4 is 14.4 Å². The number of hydrogen-bond donors (Lipinski definition) is 0. The molecular formula is C43H42N4O8. The molecule has 0 amide bonds. The molecule has 0 aliphatic heterocycles. The van der Waals surface area contributed by atoms with E-state index in [1.54, 1.807) is 37.4 Å². The average Bonchev–Trinajstić information content (AvgIpc) is 3.21. The molecule has 55 heavy (non-hydrogen) atoms. The number of methoxy groups -OCH3 is 1. The van der Waals surface area contributed by atoms with Crippen molar-refractivity contribution >= 4 is 40.5 Å². The van der Waals surface area contributed by atoms with Gasteiger partial charge in [0.05, 0.1) is 35.5 Å². The number of carbonyl (C=O) groups is 3. The summed E-state index contributed by atoms with van der Waals surface area (Å²) in [5.74, 6) is 0.0225. The van der Waals surface area contributed by atoms with Crippen LogP contribution in [0.3, 0.4) is 0 Å². The molecule has 282 valence electrons. The first kappa shape index (κ1) is 39.5. The monoisotopic (exact) mass is 742 g/mol. The van der Waals surface area contributed by atoms with Gasteiger partial charge in [0.2, 0.25) is 0 Å². The molecule has 0 aliphatic rings. The maximum Gasteiger partial charge on any atom is 0.343 e. The Morgan fingerprint density at radius 3 is 1.89 bits per heavy atom. The van der Waals surface area contributed by atoms with Gasteiger partial charge >= 0.3 is 11.9 Å². The zero-order chi connectivity index (χ0) is 39.4. The minimum atomic E-state index is -0.601. The van der Waals surface area contributed by atoms with Crippen LogP contribution in [-0.2, 0) is 14.9 Å². The van der Waals surface area contributed by atoms with Gasteiger partial charge in [0, 0.05) is 41.8 Å². The number of non-ortho nitro benzene ring substituents is 1. The fourth-order valence-electron chi connectivity index (χ4n) is 5.99. The van der Waals surface area contributed by atoms with Gasteiger partial charge in [0.15, 0.2) is 5.78 Å². The summed E-state index contributed by atoms with van der Waals surface area (Å²) in [6, 6.07) is 34.6. The number of nitro benzene ring substituents is 1. The van der Waals surface area contributed by atoms with Gasteiger partial charge in [-0.1, -0.05) is 43.3 Å². The van der Waals surface area contributed by atoms with Crippen molar-refractivity contribution in [1.82, 2.24) is 0 Å². The number of Topliss-reactive ketones (excluding diaryl/α,β-unsaturated/α-hetero) is 1. The van der Waals surface area contributed by atoms with E-state index in [-0.39, 0.29) is 36.0 Å². The third kappa shape index (κ3) is 10.5. The minimum absolute atomic E-state index is 0.0126. The van der Waals surface area contributed by atoms with Crippen LogP contribution in [-0.4, -0.2) is 49.5 Å². The van der Waals surface area contributed by atoms with Crippen molar-refractivity contribution < 1.29 is 33.5 Å². The standard InChI is InChI=1S/C43H42N4O8/c1-5-46(37-17-13-35(14-18-37)44-45-36-15-19-38(20-16-36)47(51)52)27-28-54-41(49)25-26-43(3,33-9-21-39(53-4)22-10-33)34-11-23-40(24-12-34)55-42(50)32-8-6-7-31(29-32)30(2)48/h6-24,29H,5,25-28H2,1-4H3. The fourth-order valence-corrected chi connectivity index (χ4v) is 5.99. The van der Waals surface area contributed by atoms with Gasteiger partial charge in [-0.05, 0) is 104 Å². The van der Waals surface area contributed by atoms with Crippen LogP contribution in [0.4, 0.5) is 22.7 Å². The summed E-state index contributed by atoms with van der Waals surface area (Å²) in [6.07, 6.45) is 0.606. The molecule has 0 saturated heterocycles. The second-order valence-corrected chi connectivity index (χ2v) is 12.9. The number of nitro groups is 1. The van der Waals surface area contributed by atoms with Gasteiger partial charge in [-0.15, -0.1) is 0 Å². The largest absolute Gasteiger partial charge is 0.497 e. The summed E-state index contributed by atoms with van der Waals surface area (Å²) in [6.45, 7) is 6.89. The number of rotatable bonds is 17. The molecule has 0 heterocycles. The Balaban J connectivity index is 1.19. The molecule has 5 rings (SSSR count). The van der Waals surface area contributed by atoms with E-state index in [4.69, 9.17) is 14.2 Å². The van der Waals surface area contributed by atoms with Crippen LogP contribution in [0.2, 0.25) is 0 Å². The van der Waals surface area contributed by atoms with Crippen molar-refractivity contribution in [1.29, 1.82) is 0 Å². The van der Waals surface area contributed by atoms with Crippen LogP contribution >= 0.6 is 0 Å². The van der Waals surface area contributed by atoms with Crippen molar-refractivity contribution in [3.05, 3.63) is 154 Å². The zero-order valence-corrected chi connectivity index (χ0v) is 31.1. The number of azo groups is 1. The number of esters is 2. The SMILES string of the molecule is CCN(CCOC(=O)CCC(C)(c1ccc(OC)cc1)c1ccc(OC(=O)c2cccc(C(C)=O)c2)cc1)c1ccc(N=Nc2ccc([N+](=O)[O-])cc2)cc1. The van der Waals surface area contributed by atoms with Crippen LogP contribution in [0.5, 0.6) is 11.5 Å². The van der Waals surface area contributed by atoms with Gasteiger partial charge in [0.25, 0.3) is 5.69 Å². The van der Waals surface area contributed by atoms with Crippen molar-refractivity contribution in [3.63, 3.8) is 0 Å². The highest BCUT2D eigenvalue weighted by Gasteiger charge is 2.30. The Labute approximate surface area is 319 Å². The molecule has 0 fully saturated rings. The zero-order valence-electron chi connectivity index (χ0n) is 31.1. The fraction of sp³-hybridized carbons (Fsp3) is 0.233. The van der Waals surface area contributed by atoms with E-state index in [2.05, 4.69) is 22.1 Å². The maximum atomic E-state index is 13.1. The highest BCUT2D eigenvalue weighted by Crippen LogP contribution is 2.38. The topological polar surface area (TPSA) is 150 Å². The molecule has 0 bridgehead atoms. The van der Waals surface area contributed by atoms with Crippen molar-refractivity contribution in [2.75, 3.05) is 31.7 Å².